The maximum atomic E-state index is 6.22. The molecule has 0 aromatic carbocycles. The van der Waals surface area contributed by atoms with E-state index in [2.05, 4.69) is 26.9 Å². The van der Waals surface area contributed by atoms with Crippen LogP contribution < -0.4 is 0 Å². The fraction of sp³-hybridized carbons (Fsp3) is 1.00. The zero-order chi connectivity index (χ0) is 9.62. The van der Waals surface area contributed by atoms with E-state index in [1.807, 2.05) is 0 Å². The minimum atomic E-state index is -2.22. The molecule has 0 aromatic rings. The molecule has 0 saturated carbocycles. The zero-order valence-corrected chi connectivity index (χ0v) is 13.0. The Morgan fingerprint density at radius 1 is 1.33 bits per heavy atom. The third-order valence-electron chi connectivity index (χ3n) is 2.01. The summed E-state index contributed by atoms with van der Waals surface area (Å²) < 4.78 is 5.76. The minimum Gasteiger partial charge on any atom is -0.390 e. The van der Waals surface area contributed by atoms with Gasteiger partial charge in [-0.15, -0.1) is 22.2 Å². The van der Waals surface area contributed by atoms with E-state index in [1.54, 1.807) is 0 Å². The van der Waals surface area contributed by atoms with E-state index in [-0.39, 0.29) is 14.2 Å². The maximum absolute atomic E-state index is 6.22. The van der Waals surface area contributed by atoms with Crippen molar-refractivity contribution in [2.75, 3.05) is 0 Å². The Bertz CT molecular complexity index is 148. The second-order valence-electron chi connectivity index (χ2n) is 5.02. The molecule has 6 heteroatoms. The molecule has 1 heterocycles. The summed E-state index contributed by atoms with van der Waals surface area (Å²) in [5.41, 5.74) is -0.0588. The van der Waals surface area contributed by atoms with Crippen molar-refractivity contribution in [2.24, 2.45) is 0 Å². The predicted octanol–water partition coefficient (Wildman–Crippen LogP) is 2.08. The number of halogens is 2. The van der Waals surface area contributed by atoms with Crippen LogP contribution in [0.2, 0.25) is 19.1 Å². The molecule has 1 rings (SSSR count). The van der Waals surface area contributed by atoms with Gasteiger partial charge in [-0.2, -0.15) is 0 Å². The lowest BCUT2D eigenvalue weighted by Crippen LogP contribution is -2.61. The van der Waals surface area contributed by atoms with E-state index in [0.717, 1.165) is 0 Å². The van der Waals surface area contributed by atoms with Crippen LogP contribution in [0.5, 0.6) is 0 Å². The molecule has 0 spiro atoms. The fourth-order valence-electron chi connectivity index (χ4n) is 2.25. The molecule has 0 atom stereocenters. The highest BCUT2D eigenvalue weighted by molar-refractivity contribution is 7.75. The van der Waals surface area contributed by atoms with Gasteiger partial charge in [-0.1, -0.05) is 13.1 Å². The molecule has 0 unspecified atom stereocenters. The first-order chi connectivity index (χ1) is 5.12. The van der Waals surface area contributed by atoms with Crippen molar-refractivity contribution >= 4 is 44.8 Å². The van der Waals surface area contributed by atoms with Crippen molar-refractivity contribution in [3.8, 4) is 0 Å². The summed E-state index contributed by atoms with van der Waals surface area (Å²) >= 11 is 12.4. The molecule has 1 saturated heterocycles. The summed E-state index contributed by atoms with van der Waals surface area (Å²) in [5, 5.41) is 0. The fourth-order valence-corrected chi connectivity index (χ4v) is 46.5. The van der Waals surface area contributed by atoms with Gasteiger partial charge in [0.25, 0.3) is 0 Å². The molecular formula is C6H16Cl2OSi3. The lowest BCUT2D eigenvalue weighted by atomic mass is 10.2. The number of rotatable bonds is 0. The van der Waals surface area contributed by atoms with E-state index in [1.165, 1.54) is 6.04 Å². The van der Waals surface area contributed by atoms with Crippen molar-refractivity contribution in [1.82, 2.24) is 0 Å². The molecule has 0 radical (unpaired) electrons. The van der Waals surface area contributed by atoms with Crippen LogP contribution in [0.15, 0.2) is 0 Å². The van der Waals surface area contributed by atoms with E-state index in [4.69, 9.17) is 26.6 Å². The molecule has 1 nitrogen and oxygen atoms in total. The molecule has 0 N–H and O–H groups in total. The van der Waals surface area contributed by atoms with Crippen LogP contribution in [0.4, 0.5) is 0 Å². The Morgan fingerprint density at radius 2 is 1.83 bits per heavy atom. The highest BCUT2D eigenvalue weighted by Crippen LogP contribution is 2.36. The normalized spacial score (nSPS) is 33.5. The summed E-state index contributed by atoms with van der Waals surface area (Å²) in [6, 6.07) is 1.22. The average molecular weight is 259 g/mol. The Kier molecular flexibility index (Phi) is 2.91. The van der Waals surface area contributed by atoms with Crippen molar-refractivity contribution in [3.63, 3.8) is 0 Å². The van der Waals surface area contributed by atoms with Crippen LogP contribution >= 0.6 is 22.2 Å². The van der Waals surface area contributed by atoms with Crippen LogP contribution in [0.1, 0.15) is 13.8 Å². The van der Waals surface area contributed by atoms with Crippen LogP contribution in [0.3, 0.4) is 0 Å². The second kappa shape index (κ2) is 3.10. The first kappa shape index (κ1) is 11.3. The summed E-state index contributed by atoms with van der Waals surface area (Å²) in [6.45, 7) is 6.81. The van der Waals surface area contributed by atoms with Crippen LogP contribution in [-0.2, 0) is 4.43 Å². The molecular weight excluding hydrogens is 243 g/mol. The monoisotopic (exact) mass is 258 g/mol. The van der Waals surface area contributed by atoms with Crippen molar-refractivity contribution in [1.29, 1.82) is 0 Å². The lowest BCUT2D eigenvalue weighted by molar-refractivity contribution is 0.133. The highest BCUT2D eigenvalue weighted by Gasteiger charge is 2.50. The molecule has 0 bridgehead atoms. The first-order valence-corrected chi connectivity index (χ1v) is 16.0. The van der Waals surface area contributed by atoms with Gasteiger partial charge in [0.2, 0.25) is 0 Å². The Morgan fingerprint density at radius 3 is 2.17 bits per heavy atom. The minimum absolute atomic E-state index is 0.0588. The Balaban J connectivity index is 2.81. The van der Waals surface area contributed by atoms with Crippen LogP contribution in [0, 0.1) is 0 Å². The molecule has 0 amide bonds. The highest BCUT2D eigenvalue weighted by atomic mass is 35.7. The van der Waals surface area contributed by atoms with Gasteiger partial charge in [0.1, 0.15) is 0 Å². The van der Waals surface area contributed by atoms with Gasteiger partial charge in [0.05, 0.1) is 14.2 Å². The average Bonchev–Trinajstić information content (AvgIpc) is 1.44. The second-order valence-corrected chi connectivity index (χ2v) is 31.4. The lowest BCUT2D eigenvalue weighted by Gasteiger charge is -2.44. The standard InChI is InChI=1S/C6H16Cl2OSi3/c1-6(2)5-11(3,4)10-12(7,8)9-6/h5,10H2,1-4H3. The summed E-state index contributed by atoms with van der Waals surface area (Å²) in [7, 11) is -1.37. The topological polar surface area (TPSA) is 9.23 Å². The molecule has 1 aliphatic rings. The van der Waals surface area contributed by atoms with E-state index >= 15 is 0 Å². The van der Waals surface area contributed by atoms with Gasteiger partial charge in [0.15, 0.2) is 0 Å². The van der Waals surface area contributed by atoms with Crippen molar-refractivity contribution < 1.29 is 4.43 Å². The van der Waals surface area contributed by atoms with Gasteiger partial charge in [0, 0.05) is 7.59 Å². The SMILES string of the molecule is CC1(C)C[Si](C)(C)[SiH2][Si](Cl)(Cl)O1. The molecule has 12 heavy (non-hydrogen) atoms. The van der Waals surface area contributed by atoms with Gasteiger partial charge in [-0.3, -0.25) is 0 Å². The Labute approximate surface area is 87.7 Å². The molecule has 72 valence electrons. The molecule has 0 aromatic heterocycles. The van der Waals surface area contributed by atoms with Crippen molar-refractivity contribution in [2.45, 2.75) is 38.6 Å². The largest absolute Gasteiger partial charge is 0.390 e. The van der Waals surface area contributed by atoms with Crippen LogP contribution in [-0.4, -0.2) is 28.2 Å². The zero-order valence-electron chi connectivity index (χ0n) is 8.08. The molecule has 1 fully saturated rings. The first-order valence-electron chi connectivity index (χ1n) is 4.20. The van der Waals surface area contributed by atoms with Gasteiger partial charge in [-0.05, 0) is 19.9 Å². The number of hydrogen-bond donors (Lipinski definition) is 0. The van der Waals surface area contributed by atoms with E-state index in [0.29, 0.717) is 0 Å². The molecule has 0 aliphatic carbocycles. The van der Waals surface area contributed by atoms with E-state index < -0.39 is 14.0 Å². The number of hydrogen-bond acceptors (Lipinski definition) is 1. The van der Waals surface area contributed by atoms with Crippen LogP contribution in [0.25, 0.3) is 0 Å². The third kappa shape index (κ3) is 3.16. The summed E-state index contributed by atoms with van der Waals surface area (Å²) in [6.07, 6.45) is 0. The van der Waals surface area contributed by atoms with Gasteiger partial charge < -0.3 is 4.43 Å². The summed E-state index contributed by atoms with van der Waals surface area (Å²) in [5.74, 6) is 0. The quantitative estimate of drug-likeness (QED) is 0.478. The van der Waals surface area contributed by atoms with Gasteiger partial charge in [-0.25, -0.2) is 0 Å². The smallest absolute Gasteiger partial charge is 0.357 e. The maximum Gasteiger partial charge on any atom is 0.357 e. The predicted molar refractivity (Wildman–Crippen MR) is 63.5 cm³/mol. The van der Waals surface area contributed by atoms with E-state index in [9.17, 15) is 0 Å². The molecule has 1 aliphatic heterocycles. The summed E-state index contributed by atoms with van der Waals surface area (Å²) in [4.78, 5) is 0. The van der Waals surface area contributed by atoms with Gasteiger partial charge >= 0.3 is 6.45 Å². The Hall–Kier alpha value is 1.19. The third-order valence-corrected chi connectivity index (χ3v) is 31.3. The van der Waals surface area contributed by atoms with Crippen molar-refractivity contribution in [3.05, 3.63) is 0 Å².